The molecule has 2 aliphatic rings. The van der Waals surface area contributed by atoms with Gasteiger partial charge in [0.2, 0.25) is 0 Å². The molecule has 1 unspecified atom stereocenters. The number of fused-ring (bicyclic) bond motifs is 4. The Labute approximate surface area is 144 Å². The van der Waals surface area contributed by atoms with Crippen LogP contribution in [0.1, 0.15) is 11.1 Å². The highest BCUT2D eigenvalue weighted by molar-refractivity contribution is 14.1. The highest BCUT2D eigenvalue weighted by Crippen LogP contribution is 2.51. The van der Waals surface area contributed by atoms with E-state index in [9.17, 15) is 0 Å². The molecule has 0 saturated carbocycles. The summed E-state index contributed by atoms with van der Waals surface area (Å²) in [7, 11) is 0. The lowest BCUT2D eigenvalue weighted by molar-refractivity contribution is 0.424. The Bertz CT molecular complexity index is 736. The molecule has 0 aliphatic carbocycles. The van der Waals surface area contributed by atoms with E-state index in [0.717, 1.165) is 33.6 Å². The molecule has 2 aromatic rings. The van der Waals surface area contributed by atoms with E-state index in [1.165, 1.54) is 3.57 Å². The molecular formula is C16H12BrIN2O. The van der Waals surface area contributed by atoms with E-state index in [1.807, 2.05) is 18.2 Å². The molecule has 0 saturated heterocycles. The first kappa shape index (κ1) is 13.5. The van der Waals surface area contributed by atoms with Gasteiger partial charge in [-0.2, -0.15) is 0 Å². The number of benzene rings is 2. The predicted molar refractivity (Wildman–Crippen MR) is 94.4 cm³/mol. The molecule has 106 valence electrons. The zero-order valence-corrected chi connectivity index (χ0v) is 14.7. The summed E-state index contributed by atoms with van der Waals surface area (Å²) in [4.78, 5) is 0. The smallest absolute Gasteiger partial charge is 0.132 e. The molecule has 0 radical (unpaired) electrons. The largest absolute Gasteiger partial charge is 0.457 e. The van der Waals surface area contributed by atoms with Crippen molar-refractivity contribution in [3.05, 3.63) is 67.5 Å². The normalized spacial score (nSPS) is 22.1. The third kappa shape index (κ3) is 1.97. The van der Waals surface area contributed by atoms with Crippen LogP contribution in [0.25, 0.3) is 0 Å². The van der Waals surface area contributed by atoms with E-state index in [0.29, 0.717) is 5.82 Å². The number of rotatable bonds is 0. The van der Waals surface area contributed by atoms with Gasteiger partial charge in [-0.15, -0.1) is 0 Å². The van der Waals surface area contributed by atoms with Crippen LogP contribution in [0.3, 0.4) is 0 Å². The molecule has 0 fully saturated rings. The maximum atomic E-state index is 6.09. The van der Waals surface area contributed by atoms with Crippen molar-refractivity contribution in [2.75, 3.05) is 6.54 Å². The van der Waals surface area contributed by atoms with Crippen molar-refractivity contribution in [1.82, 2.24) is 5.32 Å². The van der Waals surface area contributed by atoms with Gasteiger partial charge >= 0.3 is 0 Å². The van der Waals surface area contributed by atoms with Gasteiger partial charge in [0.1, 0.15) is 11.5 Å². The first-order valence-corrected chi connectivity index (χ1v) is 8.46. The van der Waals surface area contributed by atoms with E-state index in [4.69, 9.17) is 10.5 Å². The minimum Gasteiger partial charge on any atom is -0.457 e. The highest BCUT2D eigenvalue weighted by atomic mass is 127. The van der Waals surface area contributed by atoms with E-state index < -0.39 is 0 Å². The van der Waals surface area contributed by atoms with Gasteiger partial charge in [-0.1, -0.05) is 15.9 Å². The van der Waals surface area contributed by atoms with Gasteiger partial charge in [0, 0.05) is 25.7 Å². The van der Waals surface area contributed by atoms with Crippen molar-refractivity contribution < 1.29 is 4.74 Å². The van der Waals surface area contributed by atoms with Crippen molar-refractivity contribution in [3.63, 3.8) is 0 Å². The third-order valence-electron chi connectivity index (χ3n) is 4.04. The van der Waals surface area contributed by atoms with E-state index in [-0.39, 0.29) is 5.41 Å². The van der Waals surface area contributed by atoms with E-state index in [1.54, 1.807) is 0 Å². The van der Waals surface area contributed by atoms with Gasteiger partial charge < -0.3 is 15.8 Å². The fourth-order valence-corrected chi connectivity index (χ4v) is 3.95. The maximum absolute atomic E-state index is 6.09. The lowest BCUT2D eigenvalue weighted by atomic mass is 9.73. The first-order chi connectivity index (χ1) is 10.1. The maximum Gasteiger partial charge on any atom is 0.132 e. The Hall–Kier alpha value is -1.21. The third-order valence-corrected chi connectivity index (χ3v) is 5.20. The minimum absolute atomic E-state index is 0.266. The van der Waals surface area contributed by atoms with Crippen LogP contribution in [0.2, 0.25) is 0 Å². The molecule has 21 heavy (non-hydrogen) atoms. The number of nitrogens with one attached hydrogen (secondary N) is 1. The Kier molecular flexibility index (Phi) is 2.97. The number of hydrogen-bond donors (Lipinski definition) is 2. The number of ether oxygens (including phenoxy) is 1. The molecule has 4 rings (SSSR count). The Morgan fingerprint density at radius 3 is 2.57 bits per heavy atom. The van der Waals surface area contributed by atoms with Gasteiger partial charge in [0.05, 0.1) is 11.2 Å². The molecule has 2 aromatic carbocycles. The van der Waals surface area contributed by atoms with Crippen LogP contribution in [-0.2, 0) is 5.41 Å². The molecule has 2 aliphatic heterocycles. The van der Waals surface area contributed by atoms with Crippen molar-refractivity contribution in [1.29, 1.82) is 0 Å². The molecule has 5 heteroatoms. The van der Waals surface area contributed by atoms with Crippen LogP contribution < -0.4 is 15.8 Å². The van der Waals surface area contributed by atoms with Crippen LogP contribution in [0.4, 0.5) is 0 Å². The molecule has 2 heterocycles. The molecule has 0 bridgehead atoms. The lowest BCUT2D eigenvalue weighted by Gasteiger charge is -2.35. The molecule has 0 amide bonds. The average Bonchev–Trinajstić information content (AvgIpc) is 2.84. The number of nitrogens with two attached hydrogens (primary N) is 1. The summed E-state index contributed by atoms with van der Waals surface area (Å²) in [6.45, 7) is 0.749. The SMILES string of the molecule is NC1=CC2(CN1)c1cc(Br)ccc1Oc1ccc(I)cc12. The fourth-order valence-electron chi connectivity index (χ4n) is 3.10. The second kappa shape index (κ2) is 4.64. The zero-order chi connectivity index (χ0) is 14.6. The summed E-state index contributed by atoms with van der Waals surface area (Å²) in [5, 5.41) is 3.27. The number of halogens is 2. The van der Waals surface area contributed by atoms with Crippen molar-refractivity contribution >= 4 is 38.5 Å². The van der Waals surface area contributed by atoms with Crippen molar-refractivity contribution in [2.24, 2.45) is 5.73 Å². The van der Waals surface area contributed by atoms with Crippen molar-refractivity contribution in [2.45, 2.75) is 5.41 Å². The Morgan fingerprint density at radius 1 is 1.14 bits per heavy atom. The average molecular weight is 455 g/mol. The highest BCUT2D eigenvalue weighted by Gasteiger charge is 2.43. The van der Waals surface area contributed by atoms with Crippen molar-refractivity contribution in [3.8, 4) is 11.5 Å². The minimum atomic E-state index is -0.266. The summed E-state index contributed by atoms with van der Waals surface area (Å²) < 4.78 is 8.31. The summed E-state index contributed by atoms with van der Waals surface area (Å²) in [5.41, 5.74) is 8.06. The van der Waals surface area contributed by atoms with Crippen LogP contribution in [0.15, 0.2) is 52.8 Å². The van der Waals surface area contributed by atoms with Gasteiger partial charge in [0.25, 0.3) is 0 Å². The second-order valence-electron chi connectivity index (χ2n) is 5.31. The Morgan fingerprint density at radius 2 is 1.86 bits per heavy atom. The van der Waals surface area contributed by atoms with Gasteiger partial charge in [0.15, 0.2) is 0 Å². The fraction of sp³-hybridized carbons (Fsp3) is 0.125. The van der Waals surface area contributed by atoms with Crippen LogP contribution in [0, 0.1) is 3.57 Å². The van der Waals surface area contributed by atoms with Crippen LogP contribution in [0.5, 0.6) is 11.5 Å². The molecule has 3 N–H and O–H groups in total. The van der Waals surface area contributed by atoms with E-state index in [2.05, 4.69) is 68.1 Å². The van der Waals surface area contributed by atoms with Gasteiger partial charge in [-0.25, -0.2) is 0 Å². The van der Waals surface area contributed by atoms with Gasteiger partial charge in [-0.05, 0) is 65.1 Å². The lowest BCUT2D eigenvalue weighted by Crippen LogP contribution is -2.34. The standard InChI is InChI=1S/C16H12BrIN2O/c17-9-1-3-13-11(5-9)16(7-15(19)20-8-16)12-6-10(18)2-4-14(12)21-13/h1-7,20H,8,19H2. The summed E-state index contributed by atoms with van der Waals surface area (Å²) >= 11 is 5.89. The predicted octanol–water partition coefficient (Wildman–Crippen LogP) is 3.85. The monoisotopic (exact) mass is 454 g/mol. The van der Waals surface area contributed by atoms with Crippen LogP contribution in [-0.4, -0.2) is 6.54 Å². The second-order valence-corrected chi connectivity index (χ2v) is 7.47. The van der Waals surface area contributed by atoms with E-state index >= 15 is 0 Å². The number of hydrogen-bond acceptors (Lipinski definition) is 3. The topological polar surface area (TPSA) is 47.3 Å². The quantitative estimate of drug-likeness (QED) is 0.594. The molecule has 1 atom stereocenters. The summed E-state index contributed by atoms with van der Waals surface area (Å²) in [5.74, 6) is 2.50. The summed E-state index contributed by atoms with van der Waals surface area (Å²) in [6.07, 6.45) is 2.11. The molecule has 1 spiro atoms. The van der Waals surface area contributed by atoms with Gasteiger partial charge in [-0.3, -0.25) is 0 Å². The Balaban J connectivity index is 2.05. The first-order valence-electron chi connectivity index (χ1n) is 6.59. The molecule has 3 nitrogen and oxygen atoms in total. The molecular weight excluding hydrogens is 443 g/mol. The summed E-state index contributed by atoms with van der Waals surface area (Å²) in [6, 6.07) is 12.4. The zero-order valence-electron chi connectivity index (χ0n) is 11.0. The molecule has 0 aromatic heterocycles. The van der Waals surface area contributed by atoms with Crippen LogP contribution >= 0.6 is 38.5 Å².